The summed E-state index contributed by atoms with van der Waals surface area (Å²) in [5.41, 5.74) is -0.521. The number of nitrogens with one attached hydrogen (secondary N) is 1. The Bertz CT molecular complexity index is 323. The molecule has 0 radical (unpaired) electrons. The molecule has 0 aromatic heterocycles. The van der Waals surface area contributed by atoms with Crippen LogP contribution in [0.1, 0.15) is 41.0 Å². The van der Waals surface area contributed by atoms with Crippen molar-refractivity contribution in [2.24, 2.45) is 0 Å². The van der Waals surface area contributed by atoms with Crippen molar-refractivity contribution in [3.05, 3.63) is 0 Å². The summed E-state index contributed by atoms with van der Waals surface area (Å²) in [6, 6.07) is -0.698. The highest BCUT2D eigenvalue weighted by Crippen LogP contribution is 2.15. The molecule has 0 aromatic rings. The molecule has 2 atom stereocenters. The maximum absolute atomic E-state index is 12.1. The van der Waals surface area contributed by atoms with Crippen LogP contribution in [0.3, 0.4) is 0 Å². The number of nitrogens with zero attached hydrogens (tertiary/aromatic N) is 1. The van der Waals surface area contributed by atoms with Crippen molar-refractivity contribution < 1.29 is 14.3 Å². The molecule has 104 valence electrons. The number of carbonyl (C=O) groups excluding carboxylic acids is 2. The van der Waals surface area contributed by atoms with Crippen LogP contribution in [0, 0.1) is 0 Å². The van der Waals surface area contributed by atoms with E-state index in [0.29, 0.717) is 19.5 Å². The molecule has 1 aliphatic rings. The monoisotopic (exact) mass is 256 g/mol. The highest BCUT2D eigenvalue weighted by Gasteiger charge is 2.35. The number of rotatable bonds is 3. The van der Waals surface area contributed by atoms with Crippen molar-refractivity contribution >= 4 is 11.9 Å². The van der Waals surface area contributed by atoms with Crippen molar-refractivity contribution in [2.45, 2.75) is 58.7 Å². The largest absolute Gasteiger partial charge is 0.458 e. The van der Waals surface area contributed by atoms with Crippen LogP contribution in [0.4, 0.5) is 0 Å². The van der Waals surface area contributed by atoms with Gasteiger partial charge in [-0.05, 0) is 34.1 Å². The highest BCUT2D eigenvalue weighted by molar-refractivity contribution is 5.88. The lowest BCUT2D eigenvalue weighted by Gasteiger charge is -2.37. The average molecular weight is 256 g/mol. The van der Waals surface area contributed by atoms with E-state index < -0.39 is 11.6 Å². The van der Waals surface area contributed by atoms with Gasteiger partial charge in [0.05, 0.1) is 6.04 Å². The normalized spacial score (nSPS) is 22.8. The quantitative estimate of drug-likeness (QED) is 0.763. The number of esters is 1. The standard InChI is InChI=1S/C13H24N2O3/c1-6-10(12(17)18-13(3,4)5)15-8-7-14-9(2)11(15)16/h9-10,14H,6-8H2,1-5H3/t9-,10-/m0/s1. The molecule has 0 aliphatic carbocycles. The zero-order chi connectivity index (χ0) is 13.9. The lowest BCUT2D eigenvalue weighted by molar-refractivity contribution is -0.166. The first-order valence-electron chi connectivity index (χ1n) is 6.53. The van der Waals surface area contributed by atoms with E-state index in [-0.39, 0.29) is 17.9 Å². The summed E-state index contributed by atoms with van der Waals surface area (Å²) in [6.07, 6.45) is 0.577. The Morgan fingerprint density at radius 1 is 1.56 bits per heavy atom. The summed E-state index contributed by atoms with van der Waals surface area (Å²) in [4.78, 5) is 25.8. The molecule has 0 aromatic carbocycles. The van der Waals surface area contributed by atoms with Crippen LogP contribution in [0.25, 0.3) is 0 Å². The van der Waals surface area contributed by atoms with Crippen LogP contribution in [0.5, 0.6) is 0 Å². The third-order valence-electron chi connectivity index (χ3n) is 2.90. The van der Waals surface area contributed by atoms with E-state index in [2.05, 4.69) is 5.32 Å². The fraction of sp³-hybridized carbons (Fsp3) is 0.846. The molecule has 0 saturated carbocycles. The second kappa shape index (κ2) is 5.69. The van der Waals surface area contributed by atoms with Gasteiger partial charge in [-0.25, -0.2) is 4.79 Å². The first-order valence-corrected chi connectivity index (χ1v) is 6.53. The molecular formula is C13H24N2O3. The molecule has 1 rings (SSSR count). The summed E-state index contributed by atoms with van der Waals surface area (Å²) in [5, 5.41) is 3.08. The lowest BCUT2D eigenvalue weighted by Crippen LogP contribution is -2.59. The van der Waals surface area contributed by atoms with Crippen LogP contribution < -0.4 is 5.32 Å². The minimum atomic E-state index is -0.521. The van der Waals surface area contributed by atoms with Gasteiger partial charge in [-0.3, -0.25) is 4.79 Å². The Labute approximate surface area is 109 Å². The minimum absolute atomic E-state index is 0.0287. The third kappa shape index (κ3) is 3.70. The van der Waals surface area contributed by atoms with E-state index in [9.17, 15) is 9.59 Å². The molecule has 0 unspecified atom stereocenters. The van der Waals surface area contributed by atoms with Gasteiger partial charge in [0.15, 0.2) is 0 Å². The van der Waals surface area contributed by atoms with Crippen LogP contribution in [-0.2, 0) is 14.3 Å². The zero-order valence-corrected chi connectivity index (χ0v) is 11.9. The fourth-order valence-corrected chi connectivity index (χ4v) is 2.04. The van der Waals surface area contributed by atoms with Crippen LogP contribution in [0.2, 0.25) is 0 Å². The summed E-state index contributed by atoms with van der Waals surface area (Å²) < 4.78 is 5.37. The predicted molar refractivity (Wildman–Crippen MR) is 69.1 cm³/mol. The Balaban J connectivity index is 2.76. The second-order valence-corrected chi connectivity index (χ2v) is 5.66. The van der Waals surface area contributed by atoms with Gasteiger partial charge >= 0.3 is 5.97 Å². The third-order valence-corrected chi connectivity index (χ3v) is 2.90. The molecule has 5 nitrogen and oxygen atoms in total. The zero-order valence-electron chi connectivity index (χ0n) is 11.9. The predicted octanol–water partition coefficient (Wildman–Crippen LogP) is 0.927. The van der Waals surface area contributed by atoms with Gasteiger partial charge in [0.1, 0.15) is 11.6 Å². The first-order chi connectivity index (χ1) is 8.26. The van der Waals surface area contributed by atoms with Crippen LogP contribution in [0.15, 0.2) is 0 Å². The van der Waals surface area contributed by atoms with Crippen molar-refractivity contribution in [3.63, 3.8) is 0 Å². The smallest absolute Gasteiger partial charge is 0.329 e. The topological polar surface area (TPSA) is 58.6 Å². The molecule has 0 spiro atoms. The van der Waals surface area contributed by atoms with Gasteiger partial charge in [-0.15, -0.1) is 0 Å². The highest BCUT2D eigenvalue weighted by atomic mass is 16.6. The molecular weight excluding hydrogens is 232 g/mol. The Hall–Kier alpha value is -1.10. The van der Waals surface area contributed by atoms with Crippen molar-refractivity contribution in [1.29, 1.82) is 0 Å². The van der Waals surface area contributed by atoms with E-state index in [1.54, 1.807) is 4.90 Å². The SMILES string of the molecule is CC[C@@H](C(=O)OC(C)(C)C)N1CCN[C@@H](C)C1=O. The Kier molecular flexibility index (Phi) is 4.73. The maximum atomic E-state index is 12.1. The van der Waals surface area contributed by atoms with Gasteiger partial charge < -0.3 is 15.0 Å². The molecule has 1 aliphatic heterocycles. The molecule has 18 heavy (non-hydrogen) atoms. The lowest BCUT2D eigenvalue weighted by atomic mass is 10.1. The molecule has 1 saturated heterocycles. The summed E-state index contributed by atoms with van der Waals surface area (Å²) >= 11 is 0. The van der Waals surface area contributed by atoms with Gasteiger partial charge in [-0.2, -0.15) is 0 Å². The van der Waals surface area contributed by atoms with Gasteiger partial charge in [0.2, 0.25) is 5.91 Å². The Morgan fingerprint density at radius 2 is 2.17 bits per heavy atom. The Morgan fingerprint density at radius 3 is 2.67 bits per heavy atom. The summed E-state index contributed by atoms with van der Waals surface area (Å²) in [6.45, 7) is 10.5. The molecule has 1 N–H and O–H groups in total. The number of ether oxygens (including phenoxy) is 1. The van der Waals surface area contributed by atoms with E-state index in [1.807, 2.05) is 34.6 Å². The van der Waals surface area contributed by atoms with E-state index >= 15 is 0 Å². The number of amides is 1. The average Bonchev–Trinajstić information content (AvgIpc) is 2.22. The maximum Gasteiger partial charge on any atom is 0.329 e. The molecule has 5 heteroatoms. The minimum Gasteiger partial charge on any atom is -0.458 e. The van der Waals surface area contributed by atoms with E-state index in [4.69, 9.17) is 4.74 Å². The first kappa shape index (κ1) is 15.0. The fourth-order valence-electron chi connectivity index (χ4n) is 2.04. The van der Waals surface area contributed by atoms with E-state index in [0.717, 1.165) is 0 Å². The van der Waals surface area contributed by atoms with Crippen molar-refractivity contribution in [1.82, 2.24) is 10.2 Å². The summed E-state index contributed by atoms with van der Waals surface area (Å²) in [7, 11) is 0. The number of piperazine rings is 1. The number of hydrogen-bond acceptors (Lipinski definition) is 4. The van der Waals surface area contributed by atoms with E-state index in [1.165, 1.54) is 0 Å². The molecule has 1 heterocycles. The number of carbonyl (C=O) groups is 2. The van der Waals surface area contributed by atoms with Gasteiger partial charge in [0.25, 0.3) is 0 Å². The molecule has 1 amide bonds. The van der Waals surface area contributed by atoms with Gasteiger partial charge in [-0.1, -0.05) is 6.92 Å². The van der Waals surface area contributed by atoms with Crippen LogP contribution >= 0.6 is 0 Å². The van der Waals surface area contributed by atoms with Crippen molar-refractivity contribution in [2.75, 3.05) is 13.1 Å². The number of hydrogen-bond donors (Lipinski definition) is 1. The second-order valence-electron chi connectivity index (χ2n) is 5.66. The van der Waals surface area contributed by atoms with Gasteiger partial charge in [0, 0.05) is 13.1 Å². The molecule has 1 fully saturated rings. The molecule has 0 bridgehead atoms. The van der Waals surface area contributed by atoms with Crippen molar-refractivity contribution in [3.8, 4) is 0 Å². The summed E-state index contributed by atoms with van der Waals surface area (Å²) in [5.74, 6) is -0.341. The van der Waals surface area contributed by atoms with Crippen LogP contribution in [-0.4, -0.2) is 47.6 Å².